The minimum absolute atomic E-state index is 0.0350. The van der Waals surface area contributed by atoms with Crippen LogP contribution in [0.5, 0.6) is 0 Å². The van der Waals surface area contributed by atoms with Crippen LogP contribution < -0.4 is 0 Å². The van der Waals surface area contributed by atoms with Gasteiger partial charge in [-0.3, -0.25) is 4.79 Å². The Morgan fingerprint density at radius 3 is 2.52 bits per heavy atom. The molecule has 0 radical (unpaired) electrons. The van der Waals surface area contributed by atoms with Crippen LogP contribution in [0.25, 0.3) is 0 Å². The summed E-state index contributed by atoms with van der Waals surface area (Å²) in [7, 11) is 1.90. The summed E-state index contributed by atoms with van der Waals surface area (Å²) in [6.45, 7) is 3.58. The first-order valence-corrected chi connectivity index (χ1v) is 8.34. The molecule has 0 N–H and O–H groups in total. The molecule has 0 bridgehead atoms. The molecule has 1 heterocycles. The molecule has 3 rings (SSSR count). The molecule has 1 aliphatic rings. The number of hydrogen-bond acceptors (Lipinski definition) is 3. The normalized spacial score (nSPS) is 21.2. The van der Waals surface area contributed by atoms with Crippen LogP contribution in [0.4, 0.5) is 0 Å². The number of benzene rings is 1. The van der Waals surface area contributed by atoms with E-state index in [4.69, 9.17) is 4.42 Å². The van der Waals surface area contributed by atoms with Gasteiger partial charge in [-0.2, -0.15) is 0 Å². The number of aromatic nitrogens is 1. The molecule has 1 aromatic carbocycles. The maximum absolute atomic E-state index is 12.9. The lowest BCUT2D eigenvalue weighted by atomic mass is 9.79. The number of carbonyl (C=O) groups is 1. The zero-order chi connectivity index (χ0) is 16.4. The fraction of sp³-hybridized carbons (Fsp3) is 0.474. The zero-order valence-electron chi connectivity index (χ0n) is 14.1. The van der Waals surface area contributed by atoms with Crippen molar-refractivity contribution in [2.45, 2.75) is 51.5 Å². The van der Waals surface area contributed by atoms with E-state index in [9.17, 15) is 4.79 Å². The first-order valence-electron chi connectivity index (χ1n) is 8.34. The zero-order valence-corrected chi connectivity index (χ0v) is 14.1. The number of oxazole rings is 1. The average molecular weight is 312 g/mol. The van der Waals surface area contributed by atoms with Crippen molar-refractivity contribution < 1.29 is 9.21 Å². The van der Waals surface area contributed by atoms with Crippen molar-refractivity contribution in [1.29, 1.82) is 0 Å². The van der Waals surface area contributed by atoms with E-state index in [-0.39, 0.29) is 11.9 Å². The number of amides is 1. The summed E-state index contributed by atoms with van der Waals surface area (Å²) in [6.07, 6.45) is 4.56. The van der Waals surface area contributed by atoms with Crippen LogP contribution in [0, 0.1) is 13.8 Å². The van der Waals surface area contributed by atoms with E-state index in [0.29, 0.717) is 23.3 Å². The second-order valence-corrected chi connectivity index (χ2v) is 6.42. The van der Waals surface area contributed by atoms with E-state index < -0.39 is 0 Å². The highest BCUT2D eigenvalue weighted by atomic mass is 16.4. The second-order valence-electron chi connectivity index (χ2n) is 6.42. The highest BCUT2D eigenvalue weighted by Gasteiger charge is 2.33. The van der Waals surface area contributed by atoms with E-state index in [1.165, 1.54) is 18.4 Å². The molecule has 0 aliphatic heterocycles. The third-order valence-corrected chi connectivity index (χ3v) is 4.88. The van der Waals surface area contributed by atoms with Gasteiger partial charge in [0.25, 0.3) is 5.91 Å². The number of rotatable bonds is 3. The Labute approximate surface area is 137 Å². The number of hydrogen-bond donors (Lipinski definition) is 0. The first kappa shape index (κ1) is 15.8. The van der Waals surface area contributed by atoms with Crippen molar-refractivity contribution in [3.05, 3.63) is 53.2 Å². The fourth-order valence-electron chi connectivity index (χ4n) is 3.71. The maximum atomic E-state index is 12.9. The predicted octanol–water partition coefficient (Wildman–Crippen LogP) is 4.09. The third-order valence-electron chi connectivity index (χ3n) is 4.88. The van der Waals surface area contributed by atoms with Gasteiger partial charge in [-0.15, -0.1) is 0 Å². The van der Waals surface area contributed by atoms with Gasteiger partial charge in [0.2, 0.25) is 0 Å². The van der Waals surface area contributed by atoms with Crippen molar-refractivity contribution in [3.63, 3.8) is 0 Å². The molecule has 0 saturated heterocycles. The highest BCUT2D eigenvalue weighted by molar-refractivity contribution is 5.93. The van der Waals surface area contributed by atoms with Gasteiger partial charge in [-0.1, -0.05) is 43.2 Å². The fourth-order valence-corrected chi connectivity index (χ4v) is 3.71. The molecule has 4 heteroatoms. The molecule has 1 saturated carbocycles. The number of likely N-dealkylation sites (N-methyl/N-ethyl adjacent to an activating group) is 1. The summed E-state index contributed by atoms with van der Waals surface area (Å²) < 4.78 is 5.43. The quantitative estimate of drug-likeness (QED) is 0.857. The van der Waals surface area contributed by atoms with Crippen LogP contribution in [0.2, 0.25) is 0 Å². The van der Waals surface area contributed by atoms with Gasteiger partial charge < -0.3 is 9.32 Å². The van der Waals surface area contributed by atoms with E-state index in [1.807, 2.05) is 18.0 Å². The minimum atomic E-state index is -0.0350. The Bertz CT molecular complexity index is 678. The van der Waals surface area contributed by atoms with Gasteiger partial charge in [0.1, 0.15) is 5.76 Å². The molecule has 2 aromatic rings. The SMILES string of the molecule is Cc1nc(C(=O)N(C)[C@H]2CCCC[C@H]2c2ccccc2)c(C)o1. The molecule has 4 nitrogen and oxygen atoms in total. The lowest BCUT2D eigenvalue weighted by Gasteiger charge is -2.38. The van der Waals surface area contributed by atoms with Crippen LogP contribution in [0.1, 0.15) is 59.3 Å². The van der Waals surface area contributed by atoms with E-state index in [0.717, 1.165) is 12.8 Å². The summed E-state index contributed by atoms with van der Waals surface area (Å²) in [6, 6.07) is 10.8. The second kappa shape index (κ2) is 6.57. The summed E-state index contributed by atoms with van der Waals surface area (Å²) in [5, 5.41) is 0. The van der Waals surface area contributed by atoms with Crippen LogP contribution in [0.3, 0.4) is 0 Å². The Kier molecular flexibility index (Phi) is 4.51. The first-order chi connectivity index (χ1) is 11.1. The van der Waals surface area contributed by atoms with Crippen LogP contribution in [-0.2, 0) is 0 Å². The van der Waals surface area contributed by atoms with Gasteiger partial charge in [0.05, 0.1) is 0 Å². The molecule has 0 unspecified atom stereocenters. The molecule has 1 fully saturated rings. The molecular weight excluding hydrogens is 288 g/mol. The maximum Gasteiger partial charge on any atom is 0.276 e. The standard InChI is InChI=1S/C19H24N2O2/c1-13-18(20-14(2)23-13)19(22)21(3)17-12-8-7-11-16(17)15-9-5-4-6-10-15/h4-6,9-10,16-17H,7-8,11-12H2,1-3H3/t16-,17-/m0/s1. The topological polar surface area (TPSA) is 46.3 Å². The highest BCUT2D eigenvalue weighted by Crippen LogP contribution is 2.36. The predicted molar refractivity (Wildman–Crippen MR) is 89.5 cm³/mol. The van der Waals surface area contributed by atoms with Crippen molar-refractivity contribution in [1.82, 2.24) is 9.88 Å². The van der Waals surface area contributed by atoms with Crippen LogP contribution in [-0.4, -0.2) is 28.9 Å². The lowest BCUT2D eigenvalue weighted by Crippen LogP contribution is -2.42. The molecule has 1 aromatic heterocycles. The molecule has 122 valence electrons. The smallest absolute Gasteiger partial charge is 0.276 e. The largest absolute Gasteiger partial charge is 0.445 e. The summed E-state index contributed by atoms with van der Waals surface area (Å²) in [5.41, 5.74) is 1.77. The Balaban J connectivity index is 1.85. The van der Waals surface area contributed by atoms with Crippen molar-refractivity contribution >= 4 is 5.91 Å². The van der Waals surface area contributed by atoms with E-state index in [2.05, 4.69) is 29.2 Å². The Hall–Kier alpha value is -2.10. The molecule has 1 amide bonds. The number of nitrogens with zero attached hydrogens (tertiary/aromatic N) is 2. The van der Waals surface area contributed by atoms with E-state index >= 15 is 0 Å². The van der Waals surface area contributed by atoms with Gasteiger partial charge >= 0.3 is 0 Å². The van der Waals surface area contributed by atoms with E-state index in [1.54, 1.807) is 13.8 Å². The third kappa shape index (κ3) is 3.16. The number of aryl methyl sites for hydroxylation is 2. The lowest BCUT2D eigenvalue weighted by molar-refractivity contribution is 0.0662. The molecule has 0 spiro atoms. The molecule has 1 aliphatic carbocycles. The average Bonchev–Trinajstić information content (AvgIpc) is 2.92. The number of carbonyl (C=O) groups excluding carboxylic acids is 1. The van der Waals surface area contributed by atoms with Crippen LogP contribution in [0.15, 0.2) is 34.7 Å². The Morgan fingerprint density at radius 1 is 1.17 bits per heavy atom. The molecule has 23 heavy (non-hydrogen) atoms. The summed E-state index contributed by atoms with van der Waals surface area (Å²) >= 11 is 0. The Morgan fingerprint density at radius 2 is 1.87 bits per heavy atom. The minimum Gasteiger partial charge on any atom is -0.445 e. The van der Waals surface area contributed by atoms with Gasteiger partial charge in [-0.25, -0.2) is 4.98 Å². The van der Waals surface area contributed by atoms with Gasteiger partial charge in [-0.05, 0) is 25.3 Å². The van der Waals surface area contributed by atoms with Gasteiger partial charge in [0.15, 0.2) is 11.6 Å². The molecule has 2 atom stereocenters. The van der Waals surface area contributed by atoms with Crippen molar-refractivity contribution in [2.24, 2.45) is 0 Å². The summed E-state index contributed by atoms with van der Waals surface area (Å²) in [5.74, 6) is 1.51. The monoisotopic (exact) mass is 312 g/mol. The van der Waals surface area contributed by atoms with Crippen molar-refractivity contribution in [3.8, 4) is 0 Å². The molecular formula is C19H24N2O2. The van der Waals surface area contributed by atoms with Crippen molar-refractivity contribution in [2.75, 3.05) is 7.05 Å². The summed E-state index contributed by atoms with van der Waals surface area (Å²) in [4.78, 5) is 19.0. The van der Waals surface area contributed by atoms with Gasteiger partial charge in [0, 0.05) is 25.9 Å². The van der Waals surface area contributed by atoms with Crippen LogP contribution >= 0.6 is 0 Å².